The number of hydrogen-bond donors (Lipinski definition) is 1. The van der Waals surface area contributed by atoms with E-state index in [1.807, 2.05) is 0 Å². The third-order valence-corrected chi connectivity index (χ3v) is 5.25. The second-order valence-electron chi connectivity index (χ2n) is 6.14. The second kappa shape index (κ2) is 5.04. The number of pyridine rings is 1. The van der Waals surface area contributed by atoms with E-state index in [1.54, 1.807) is 23.1 Å². The van der Waals surface area contributed by atoms with Crippen LogP contribution in [-0.2, 0) is 9.53 Å². The lowest BCUT2D eigenvalue weighted by atomic mass is 9.81. The van der Waals surface area contributed by atoms with E-state index in [0.717, 1.165) is 0 Å². The van der Waals surface area contributed by atoms with Gasteiger partial charge in [0.25, 0.3) is 0 Å². The van der Waals surface area contributed by atoms with Crippen molar-refractivity contribution >= 4 is 34.2 Å². The molecule has 3 heterocycles. The third kappa shape index (κ3) is 2.01. The highest BCUT2D eigenvalue weighted by Gasteiger charge is 2.56. The molecular weight excluding hydrogens is 323 g/mol. The molecular formula is C16H14ClFN2O3. The van der Waals surface area contributed by atoms with Crippen LogP contribution in [-0.4, -0.2) is 42.4 Å². The number of fused-ring (bicyclic) bond motifs is 2. The molecule has 0 amide bonds. The smallest absolute Gasteiger partial charge is 0.314 e. The molecule has 0 radical (unpaired) electrons. The normalized spacial score (nSPS) is 26.7. The summed E-state index contributed by atoms with van der Waals surface area (Å²) in [6.07, 6.45) is 1.46. The Morgan fingerprint density at radius 2 is 2.30 bits per heavy atom. The van der Waals surface area contributed by atoms with Gasteiger partial charge >= 0.3 is 5.97 Å². The SMILES string of the molecule is O=C(O)[C@]12COC[C@H]1CN(c1ccc3c(Cl)ccnc3c1F)C2. The van der Waals surface area contributed by atoms with Gasteiger partial charge < -0.3 is 14.7 Å². The van der Waals surface area contributed by atoms with Crippen molar-refractivity contribution in [2.45, 2.75) is 0 Å². The van der Waals surface area contributed by atoms with Crippen molar-refractivity contribution in [3.8, 4) is 0 Å². The van der Waals surface area contributed by atoms with Crippen molar-refractivity contribution in [3.63, 3.8) is 0 Å². The molecule has 1 aromatic heterocycles. The molecule has 2 atom stereocenters. The van der Waals surface area contributed by atoms with Gasteiger partial charge in [0, 0.05) is 30.6 Å². The van der Waals surface area contributed by atoms with Gasteiger partial charge in [0.2, 0.25) is 0 Å². The Hall–Kier alpha value is -1.92. The molecule has 120 valence electrons. The number of aromatic nitrogens is 1. The monoisotopic (exact) mass is 336 g/mol. The van der Waals surface area contributed by atoms with E-state index < -0.39 is 17.2 Å². The van der Waals surface area contributed by atoms with Crippen LogP contribution in [0, 0.1) is 17.2 Å². The first-order chi connectivity index (χ1) is 11.0. The minimum absolute atomic E-state index is 0.137. The number of halogens is 2. The Labute approximate surface area is 136 Å². The zero-order valence-electron chi connectivity index (χ0n) is 12.1. The molecule has 2 fully saturated rings. The predicted molar refractivity (Wildman–Crippen MR) is 83.3 cm³/mol. The minimum Gasteiger partial charge on any atom is -0.481 e. The molecule has 2 aliphatic heterocycles. The first-order valence-corrected chi connectivity index (χ1v) is 7.69. The van der Waals surface area contributed by atoms with E-state index >= 15 is 0 Å². The molecule has 2 aromatic rings. The van der Waals surface area contributed by atoms with Gasteiger partial charge in [0.05, 0.1) is 23.9 Å². The van der Waals surface area contributed by atoms with Crippen molar-refractivity contribution in [2.75, 3.05) is 31.2 Å². The van der Waals surface area contributed by atoms with Crippen LogP contribution in [0.1, 0.15) is 0 Å². The van der Waals surface area contributed by atoms with E-state index in [2.05, 4.69) is 4.98 Å². The molecule has 2 saturated heterocycles. The van der Waals surface area contributed by atoms with Crippen LogP contribution in [0.25, 0.3) is 10.9 Å². The highest BCUT2D eigenvalue weighted by molar-refractivity contribution is 6.35. The van der Waals surface area contributed by atoms with Gasteiger partial charge in [0.15, 0.2) is 5.82 Å². The largest absolute Gasteiger partial charge is 0.481 e. The summed E-state index contributed by atoms with van der Waals surface area (Å²) in [6.45, 7) is 1.25. The van der Waals surface area contributed by atoms with Crippen LogP contribution >= 0.6 is 11.6 Å². The number of carbonyl (C=O) groups is 1. The lowest BCUT2D eigenvalue weighted by Gasteiger charge is -2.23. The molecule has 0 aliphatic carbocycles. The van der Waals surface area contributed by atoms with E-state index in [9.17, 15) is 14.3 Å². The van der Waals surface area contributed by atoms with Crippen molar-refractivity contribution in [1.82, 2.24) is 4.98 Å². The van der Waals surface area contributed by atoms with E-state index in [0.29, 0.717) is 29.2 Å². The molecule has 2 aliphatic rings. The van der Waals surface area contributed by atoms with Gasteiger partial charge in [0.1, 0.15) is 10.9 Å². The number of benzene rings is 1. The first-order valence-electron chi connectivity index (χ1n) is 7.32. The number of aliphatic carboxylic acids is 1. The maximum Gasteiger partial charge on any atom is 0.314 e. The Morgan fingerprint density at radius 3 is 3.04 bits per heavy atom. The highest BCUT2D eigenvalue weighted by atomic mass is 35.5. The number of rotatable bonds is 2. The fourth-order valence-electron chi connectivity index (χ4n) is 3.61. The van der Waals surface area contributed by atoms with Gasteiger partial charge in [-0.2, -0.15) is 0 Å². The quantitative estimate of drug-likeness (QED) is 0.913. The first kappa shape index (κ1) is 14.7. The van der Waals surface area contributed by atoms with E-state index in [1.165, 1.54) is 6.20 Å². The number of nitrogens with zero attached hydrogens (tertiary/aromatic N) is 2. The van der Waals surface area contributed by atoms with Crippen LogP contribution in [0.2, 0.25) is 5.02 Å². The van der Waals surface area contributed by atoms with Crippen molar-refractivity contribution < 1.29 is 19.0 Å². The zero-order valence-corrected chi connectivity index (χ0v) is 12.9. The molecule has 1 N–H and O–H groups in total. The van der Waals surface area contributed by atoms with Gasteiger partial charge in [-0.25, -0.2) is 4.39 Å². The summed E-state index contributed by atoms with van der Waals surface area (Å²) < 4.78 is 20.2. The predicted octanol–water partition coefficient (Wildman–Crippen LogP) is 2.56. The van der Waals surface area contributed by atoms with E-state index in [-0.39, 0.29) is 24.6 Å². The third-order valence-electron chi connectivity index (χ3n) is 4.92. The summed E-state index contributed by atoms with van der Waals surface area (Å²) in [5.74, 6) is -1.49. The number of hydrogen-bond acceptors (Lipinski definition) is 4. The maximum atomic E-state index is 14.9. The number of carboxylic acid groups (broad SMARTS) is 1. The van der Waals surface area contributed by atoms with Crippen LogP contribution in [0.5, 0.6) is 0 Å². The fraction of sp³-hybridized carbons (Fsp3) is 0.375. The van der Waals surface area contributed by atoms with Crippen LogP contribution in [0.4, 0.5) is 10.1 Å². The van der Waals surface area contributed by atoms with Crippen molar-refractivity contribution in [1.29, 1.82) is 0 Å². The molecule has 0 bridgehead atoms. The average Bonchev–Trinajstić information content (AvgIpc) is 3.06. The average molecular weight is 337 g/mol. The lowest BCUT2D eigenvalue weighted by molar-refractivity contribution is -0.149. The van der Waals surface area contributed by atoms with Gasteiger partial charge in [-0.1, -0.05) is 11.6 Å². The summed E-state index contributed by atoms with van der Waals surface area (Å²) in [5, 5.41) is 10.6. The fourth-order valence-corrected chi connectivity index (χ4v) is 3.81. The summed E-state index contributed by atoms with van der Waals surface area (Å²) in [7, 11) is 0. The Morgan fingerprint density at radius 1 is 1.48 bits per heavy atom. The zero-order chi connectivity index (χ0) is 16.2. The second-order valence-corrected chi connectivity index (χ2v) is 6.55. The van der Waals surface area contributed by atoms with Crippen LogP contribution < -0.4 is 4.90 Å². The van der Waals surface area contributed by atoms with Crippen LogP contribution in [0.3, 0.4) is 0 Å². The van der Waals surface area contributed by atoms with Crippen molar-refractivity contribution in [2.24, 2.45) is 11.3 Å². The van der Waals surface area contributed by atoms with Crippen LogP contribution in [0.15, 0.2) is 24.4 Å². The molecule has 7 heteroatoms. The Balaban J connectivity index is 1.77. The Bertz CT molecular complexity index is 815. The van der Waals surface area contributed by atoms with Gasteiger partial charge in [-0.05, 0) is 18.2 Å². The molecule has 0 saturated carbocycles. The molecule has 0 unspecified atom stereocenters. The molecule has 5 nitrogen and oxygen atoms in total. The summed E-state index contributed by atoms with van der Waals surface area (Å²) in [4.78, 5) is 17.5. The standard InChI is InChI=1S/C16H14ClFN2O3/c17-11-3-4-19-14-10(11)1-2-12(13(14)18)20-5-9-6-23-8-16(9,7-20)15(21)22/h1-4,9H,5-8H2,(H,21,22)/t9-,16-/m1/s1. The Kier molecular flexibility index (Phi) is 3.21. The summed E-state index contributed by atoms with van der Waals surface area (Å²) in [6, 6.07) is 4.98. The molecule has 4 rings (SSSR count). The molecule has 1 aromatic carbocycles. The molecule has 23 heavy (non-hydrogen) atoms. The summed E-state index contributed by atoms with van der Waals surface area (Å²) >= 11 is 6.07. The summed E-state index contributed by atoms with van der Waals surface area (Å²) in [5.41, 5.74) is -0.390. The number of anilines is 1. The number of ether oxygens (including phenoxy) is 1. The number of carboxylic acids is 1. The van der Waals surface area contributed by atoms with E-state index in [4.69, 9.17) is 16.3 Å². The van der Waals surface area contributed by atoms with Gasteiger partial charge in [-0.3, -0.25) is 9.78 Å². The topological polar surface area (TPSA) is 62.7 Å². The highest BCUT2D eigenvalue weighted by Crippen LogP contribution is 2.44. The maximum absolute atomic E-state index is 14.9. The minimum atomic E-state index is -0.955. The van der Waals surface area contributed by atoms with Gasteiger partial charge in [-0.15, -0.1) is 0 Å². The molecule has 0 spiro atoms. The lowest BCUT2D eigenvalue weighted by Crippen LogP contribution is -2.39. The van der Waals surface area contributed by atoms with Crippen molar-refractivity contribution in [3.05, 3.63) is 35.2 Å².